The van der Waals surface area contributed by atoms with Crippen LogP contribution in [-0.4, -0.2) is 72.5 Å². The monoisotopic (exact) mass is 664 g/mol. The quantitative estimate of drug-likeness (QED) is 0.119. The number of nitrogens with one attached hydrogen (secondary N) is 4. The number of pyridine rings is 1. The van der Waals surface area contributed by atoms with Crippen molar-refractivity contribution in [3.63, 3.8) is 0 Å². The number of nitrogens with zero attached hydrogens (tertiary/aromatic N) is 4. The van der Waals surface area contributed by atoms with E-state index in [0.717, 1.165) is 53.2 Å². The largest absolute Gasteiger partial charge is 0.387 e. The van der Waals surface area contributed by atoms with Gasteiger partial charge in [0.25, 0.3) is 5.91 Å². The third-order valence-corrected chi connectivity index (χ3v) is 8.22. The van der Waals surface area contributed by atoms with Gasteiger partial charge in [0.1, 0.15) is 5.84 Å². The van der Waals surface area contributed by atoms with Crippen molar-refractivity contribution in [1.29, 1.82) is 0 Å². The highest BCUT2D eigenvalue weighted by atomic mass is 16.2. The number of carbonyl (C=O) groups is 3. The zero-order chi connectivity index (χ0) is 34.8. The Labute approximate surface area is 286 Å². The molecule has 0 fully saturated rings. The zero-order valence-corrected chi connectivity index (χ0v) is 28.0. The van der Waals surface area contributed by atoms with Crippen LogP contribution in [0.5, 0.6) is 0 Å². The van der Waals surface area contributed by atoms with Gasteiger partial charge in [0.05, 0.1) is 35.8 Å². The number of amides is 4. The molecule has 0 radical (unpaired) electrons. The number of urea groups is 1. The van der Waals surface area contributed by atoms with Crippen LogP contribution in [0, 0.1) is 0 Å². The third-order valence-electron chi connectivity index (χ3n) is 8.22. The third kappa shape index (κ3) is 10.3. The molecule has 0 saturated heterocycles. The van der Waals surface area contributed by atoms with Gasteiger partial charge in [-0.25, -0.2) is 9.79 Å². The van der Waals surface area contributed by atoms with Crippen molar-refractivity contribution in [3.8, 4) is 0 Å². The first-order chi connectivity index (χ1) is 23.6. The van der Waals surface area contributed by atoms with Crippen LogP contribution in [0.25, 0.3) is 6.08 Å². The van der Waals surface area contributed by atoms with Gasteiger partial charge in [-0.2, -0.15) is 0 Å². The number of hydrogen-bond donors (Lipinski definition) is 6. The second-order valence-corrected chi connectivity index (χ2v) is 12.4. The van der Waals surface area contributed by atoms with Gasteiger partial charge in [-0.3, -0.25) is 24.5 Å². The molecule has 0 bridgehead atoms. The highest BCUT2D eigenvalue weighted by Crippen LogP contribution is 2.28. The van der Waals surface area contributed by atoms with Crippen LogP contribution >= 0.6 is 0 Å². The summed E-state index contributed by atoms with van der Waals surface area (Å²) in [5.74, 6) is 0.160. The van der Waals surface area contributed by atoms with Crippen molar-refractivity contribution in [3.05, 3.63) is 88.2 Å². The Morgan fingerprint density at radius 1 is 1.12 bits per heavy atom. The number of carbonyl (C=O) groups excluding carboxylic acids is 3. The molecule has 5 rings (SSSR count). The number of aliphatic imine (C=N–C) groups is 2. The van der Waals surface area contributed by atoms with E-state index in [9.17, 15) is 14.4 Å². The molecule has 1 unspecified atom stereocenters. The van der Waals surface area contributed by atoms with Crippen LogP contribution in [0.15, 0.2) is 70.3 Å². The van der Waals surface area contributed by atoms with E-state index >= 15 is 0 Å². The Kier molecular flexibility index (Phi) is 11.8. The van der Waals surface area contributed by atoms with E-state index in [0.29, 0.717) is 55.1 Å². The summed E-state index contributed by atoms with van der Waals surface area (Å²) in [6, 6.07) is 14.6. The molecule has 49 heavy (non-hydrogen) atoms. The number of nitrogens with two attached hydrogens (primary N) is 2. The summed E-state index contributed by atoms with van der Waals surface area (Å²) in [5.41, 5.74) is 19.1. The molecule has 2 aliphatic heterocycles. The van der Waals surface area contributed by atoms with Crippen LogP contribution in [-0.2, 0) is 24.3 Å². The summed E-state index contributed by atoms with van der Waals surface area (Å²) in [5, 5.41) is 11.4. The number of primary amides is 1. The first kappa shape index (κ1) is 34.9. The molecule has 3 heterocycles. The Hall–Kier alpha value is -5.40. The fourth-order valence-electron chi connectivity index (χ4n) is 5.85. The molecule has 2 aromatic carbocycles. The number of likely N-dealkylation sites (N-methyl/N-ethyl adjacent to an activating group) is 1. The summed E-state index contributed by atoms with van der Waals surface area (Å²) < 4.78 is 0. The number of hydrogen-bond acceptors (Lipinski definition) is 9. The molecular formula is C36H44N10O3. The van der Waals surface area contributed by atoms with E-state index in [2.05, 4.69) is 53.3 Å². The first-order valence-electron chi connectivity index (χ1n) is 16.4. The normalized spacial score (nSPS) is 14.9. The lowest BCUT2D eigenvalue weighted by Crippen LogP contribution is -2.41. The van der Waals surface area contributed by atoms with E-state index in [4.69, 9.17) is 11.5 Å². The Bertz CT molecular complexity index is 1770. The molecular weight excluding hydrogens is 620 g/mol. The minimum absolute atomic E-state index is 0.135. The van der Waals surface area contributed by atoms with Gasteiger partial charge in [-0.15, -0.1) is 0 Å². The van der Waals surface area contributed by atoms with Gasteiger partial charge in [-0.1, -0.05) is 29.8 Å². The van der Waals surface area contributed by atoms with Gasteiger partial charge in [0, 0.05) is 62.1 Å². The molecule has 1 aromatic heterocycles. The van der Waals surface area contributed by atoms with E-state index in [1.54, 1.807) is 31.6 Å². The minimum atomic E-state index is -0.573. The second-order valence-electron chi connectivity index (χ2n) is 12.4. The average molecular weight is 665 g/mol. The van der Waals surface area contributed by atoms with Crippen LogP contribution < -0.4 is 32.7 Å². The molecule has 13 heteroatoms. The maximum Gasteiger partial charge on any atom is 0.312 e. The summed E-state index contributed by atoms with van der Waals surface area (Å²) >= 11 is 0. The number of fused-ring (bicyclic) bond motifs is 2. The van der Waals surface area contributed by atoms with Crippen LogP contribution in [0.3, 0.4) is 0 Å². The van der Waals surface area contributed by atoms with Crippen molar-refractivity contribution in [2.75, 3.05) is 32.0 Å². The molecule has 0 spiro atoms. The van der Waals surface area contributed by atoms with Crippen molar-refractivity contribution in [1.82, 2.24) is 25.8 Å². The zero-order valence-electron chi connectivity index (χ0n) is 28.0. The number of benzene rings is 2. The van der Waals surface area contributed by atoms with Crippen LogP contribution in [0.4, 0.5) is 21.9 Å². The van der Waals surface area contributed by atoms with Crippen molar-refractivity contribution < 1.29 is 14.4 Å². The molecule has 0 aliphatic carbocycles. The van der Waals surface area contributed by atoms with Gasteiger partial charge < -0.3 is 32.7 Å². The molecule has 2 aliphatic rings. The second kappa shape index (κ2) is 16.6. The van der Waals surface area contributed by atoms with Gasteiger partial charge in [0.2, 0.25) is 5.91 Å². The van der Waals surface area contributed by atoms with E-state index < -0.39 is 6.03 Å². The topological polar surface area (TPSA) is 192 Å². The molecule has 256 valence electrons. The molecule has 13 nitrogen and oxygen atoms in total. The fraction of sp³-hybridized carbons (Fsp3) is 0.333. The standard InChI is InChI=1S/C36H44N10O3/c1-23-14-25-7-8-26(17-32(25)45-33(37)15-23)35(48)44-30-16-27-22-46(13-11-31(27)42-19-30)21-24-5-9-28(10-6-24)41-18-29(43-34(47)20-39-2)4-3-12-40-36(38)49/h5-10,14,16-19,29,39H,3-4,11-13,15,20-22H2,1-2H3,(H2,37,45)(H,43,47)(H,44,48)(H3,38,40,49)/b41-18+. The van der Waals surface area contributed by atoms with Crippen LogP contribution in [0.2, 0.25) is 0 Å². The van der Waals surface area contributed by atoms with E-state index in [1.807, 2.05) is 37.3 Å². The summed E-state index contributed by atoms with van der Waals surface area (Å²) in [4.78, 5) is 52.4. The number of aromatic nitrogens is 1. The first-order valence-corrected chi connectivity index (χ1v) is 16.4. The summed E-state index contributed by atoms with van der Waals surface area (Å²) in [6.45, 7) is 4.97. The van der Waals surface area contributed by atoms with Gasteiger partial charge >= 0.3 is 6.03 Å². The van der Waals surface area contributed by atoms with Gasteiger partial charge in [0.15, 0.2) is 0 Å². The van der Waals surface area contributed by atoms with Crippen molar-refractivity contribution >= 4 is 53.0 Å². The SMILES string of the molecule is CNCC(=O)NC(/C=N/c1ccc(CN2CCc3ncc(NC(=O)c4ccc5c(c4)N=C(N)CC(C)=C5)cc3C2)cc1)CCCNC(N)=O. The maximum absolute atomic E-state index is 13.2. The molecule has 1 atom stereocenters. The van der Waals surface area contributed by atoms with E-state index in [-0.39, 0.29) is 24.4 Å². The number of amidine groups is 1. The highest BCUT2D eigenvalue weighted by Gasteiger charge is 2.19. The summed E-state index contributed by atoms with van der Waals surface area (Å²) in [6.07, 6.45) is 8.15. The predicted molar refractivity (Wildman–Crippen MR) is 193 cm³/mol. The minimum Gasteiger partial charge on any atom is -0.387 e. The van der Waals surface area contributed by atoms with Crippen molar-refractivity contribution in [2.45, 2.75) is 51.7 Å². The lowest BCUT2D eigenvalue weighted by Gasteiger charge is -2.28. The van der Waals surface area contributed by atoms with Crippen LogP contribution in [0.1, 0.15) is 58.9 Å². The lowest BCUT2D eigenvalue weighted by atomic mass is 10.0. The highest BCUT2D eigenvalue weighted by molar-refractivity contribution is 6.05. The Morgan fingerprint density at radius 3 is 2.71 bits per heavy atom. The molecule has 4 amide bonds. The van der Waals surface area contributed by atoms with Gasteiger partial charge in [-0.05, 0) is 68.3 Å². The fourth-order valence-corrected chi connectivity index (χ4v) is 5.85. The number of anilines is 1. The van der Waals surface area contributed by atoms with E-state index in [1.165, 1.54) is 0 Å². The Morgan fingerprint density at radius 2 is 1.94 bits per heavy atom. The maximum atomic E-state index is 13.2. The number of rotatable bonds is 13. The Balaban J connectivity index is 1.17. The summed E-state index contributed by atoms with van der Waals surface area (Å²) in [7, 11) is 1.71. The molecule has 8 N–H and O–H groups in total. The smallest absolute Gasteiger partial charge is 0.312 e. The lowest BCUT2D eigenvalue weighted by molar-refractivity contribution is -0.120. The molecule has 0 saturated carbocycles. The molecule has 3 aromatic rings. The predicted octanol–water partition coefficient (Wildman–Crippen LogP) is 3.54. The average Bonchev–Trinajstić information content (AvgIpc) is 3.21. The van der Waals surface area contributed by atoms with Crippen molar-refractivity contribution in [2.24, 2.45) is 21.5 Å².